The summed E-state index contributed by atoms with van der Waals surface area (Å²) in [5.41, 5.74) is 0.350. The first-order valence-electron chi connectivity index (χ1n) is 4.23. The molecular formula is C7H21NSi2. The normalized spacial score (nSPS) is 15.6. The Balaban J connectivity index is 3.47. The average Bonchev–Trinajstić information content (AvgIpc) is 1.59. The molecule has 0 heterocycles. The topological polar surface area (TPSA) is 12.0 Å². The molecular weight excluding hydrogens is 154 g/mol. The largest absolute Gasteiger partial charge is 0.335 e. The summed E-state index contributed by atoms with van der Waals surface area (Å²) in [7, 11) is 0.831. The molecule has 0 saturated carbocycles. The van der Waals surface area contributed by atoms with Crippen molar-refractivity contribution in [2.24, 2.45) is 0 Å². The van der Waals surface area contributed by atoms with Crippen LogP contribution in [0.4, 0.5) is 0 Å². The van der Waals surface area contributed by atoms with Gasteiger partial charge >= 0.3 is 0 Å². The van der Waals surface area contributed by atoms with E-state index in [1.165, 1.54) is 22.3 Å². The highest BCUT2D eigenvalue weighted by atomic mass is 28.3. The van der Waals surface area contributed by atoms with Crippen LogP contribution in [0, 0.1) is 0 Å². The Bertz CT molecular complexity index is 88.1. The van der Waals surface area contributed by atoms with Gasteiger partial charge in [-0.25, -0.2) is 0 Å². The molecule has 0 aliphatic carbocycles. The fourth-order valence-electron chi connectivity index (χ4n) is 1.24. The van der Waals surface area contributed by atoms with Crippen molar-refractivity contribution in [1.82, 2.24) is 4.98 Å². The average molecular weight is 175 g/mol. The highest BCUT2D eigenvalue weighted by Gasteiger charge is 2.12. The summed E-state index contributed by atoms with van der Waals surface area (Å²) >= 11 is 0. The number of rotatable bonds is 3. The molecule has 0 saturated heterocycles. The van der Waals surface area contributed by atoms with Crippen molar-refractivity contribution in [3.63, 3.8) is 0 Å². The van der Waals surface area contributed by atoms with Gasteiger partial charge in [-0.05, 0) is 20.8 Å². The van der Waals surface area contributed by atoms with Gasteiger partial charge in [-0.2, -0.15) is 0 Å². The Morgan fingerprint density at radius 2 is 1.90 bits per heavy atom. The Kier molecular flexibility index (Phi) is 4.48. The van der Waals surface area contributed by atoms with E-state index in [2.05, 4.69) is 32.3 Å². The van der Waals surface area contributed by atoms with Gasteiger partial charge in [0.15, 0.2) is 0 Å². The van der Waals surface area contributed by atoms with Gasteiger partial charge in [0.25, 0.3) is 0 Å². The van der Waals surface area contributed by atoms with E-state index in [1.54, 1.807) is 0 Å². The minimum atomic E-state index is -0.542. The van der Waals surface area contributed by atoms with Crippen molar-refractivity contribution >= 4 is 19.2 Å². The molecule has 0 aromatic rings. The van der Waals surface area contributed by atoms with Crippen LogP contribution < -0.4 is 4.98 Å². The van der Waals surface area contributed by atoms with Gasteiger partial charge in [0.05, 0.1) is 0 Å². The lowest BCUT2D eigenvalue weighted by molar-refractivity contribution is 0.518. The van der Waals surface area contributed by atoms with E-state index in [1.807, 2.05) is 0 Å². The van der Waals surface area contributed by atoms with Crippen molar-refractivity contribution in [2.45, 2.75) is 44.9 Å². The highest BCUT2D eigenvalue weighted by molar-refractivity contribution is 6.55. The minimum absolute atomic E-state index is 0.350. The molecule has 0 rings (SSSR count). The molecule has 0 aromatic heterocycles. The van der Waals surface area contributed by atoms with Crippen molar-refractivity contribution in [1.29, 1.82) is 0 Å². The molecule has 0 aliphatic heterocycles. The SMILES string of the molecule is C[SiH](CC[SiH3])NC(C)(C)C. The maximum atomic E-state index is 3.68. The molecule has 0 amide bonds. The second kappa shape index (κ2) is 4.31. The smallest absolute Gasteiger partial charge is 0.105 e. The summed E-state index contributed by atoms with van der Waals surface area (Å²) in [6.45, 7) is 9.17. The highest BCUT2D eigenvalue weighted by Crippen LogP contribution is 2.02. The molecule has 10 heavy (non-hydrogen) atoms. The fraction of sp³-hybridized carbons (Fsp3) is 1.00. The van der Waals surface area contributed by atoms with Crippen LogP contribution in [0.15, 0.2) is 0 Å². The predicted octanol–water partition coefficient (Wildman–Crippen LogP) is 0.512. The molecule has 0 fully saturated rings. The van der Waals surface area contributed by atoms with Gasteiger partial charge in [-0.15, -0.1) is 0 Å². The monoisotopic (exact) mass is 175 g/mol. The Morgan fingerprint density at radius 3 is 2.20 bits per heavy atom. The van der Waals surface area contributed by atoms with Crippen molar-refractivity contribution < 1.29 is 0 Å². The number of hydrogen-bond acceptors (Lipinski definition) is 1. The van der Waals surface area contributed by atoms with Crippen LogP contribution in [0.3, 0.4) is 0 Å². The third-order valence-corrected chi connectivity index (χ3v) is 5.94. The molecule has 0 aliphatic rings. The van der Waals surface area contributed by atoms with Gasteiger partial charge in [0, 0.05) is 15.8 Å². The summed E-state index contributed by atoms with van der Waals surface area (Å²) < 4.78 is 0. The van der Waals surface area contributed by atoms with Gasteiger partial charge in [-0.3, -0.25) is 0 Å². The zero-order valence-corrected chi connectivity index (χ0v) is 11.1. The Labute approximate surface area is 69.7 Å². The first-order valence-corrected chi connectivity index (χ1v) is 8.19. The Hall–Kier alpha value is 0.394. The standard InChI is InChI=1S/C7H21NSi2/c1-7(2,3)8-10(4)6-5-9/h8,10H,5-6H2,1-4,9H3. The van der Waals surface area contributed by atoms with Crippen LogP contribution in [0.25, 0.3) is 0 Å². The van der Waals surface area contributed by atoms with Crippen LogP contribution in [-0.4, -0.2) is 24.7 Å². The van der Waals surface area contributed by atoms with Gasteiger partial charge in [0.2, 0.25) is 0 Å². The van der Waals surface area contributed by atoms with Crippen LogP contribution in [-0.2, 0) is 0 Å². The molecule has 62 valence electrons. The molecule has 1 N–H and O–H groups in total. The van der Waals surface area contributed by atoms with E-state index < -0.39 is 8.96 Å². The molecule has 0 radical (unpaired) electrons. The van der Waals surface area contributed by atoms with Crippen LogP contribution in [0.1, 0.15) is 20.8 Å². The lowest BCUT2D eigenvalue weighted by atomic mass is 10.1. The zero-order chi connectivity index (χ0) is 8.20. The molecule has 1 nitrogen and oxygen atoms in total. The lowest BCUT2D eigenvalue weighted by Gasteiger charge is -2.25. The summed E-state index contributed by atoms with van der Waals surface area (Å²) in [5, 5.41) is 0. The maximum absolute atomic E-state index is 3.68. The van der Waals surface area contributed by atoms with Crippen LogP contribution >= 0.6 is 0 Å². The first kappa shape index (κ1) is 10.4. The molecule has 1 unspecified atom stereocenters. The predicted molar refractivity (Wildman–Crippen MR) is 55.5 cm³/mol. The molecule has 0 spiro atoms. The van der Waals surface area contributed by atoms with E-state index in [0.29, 0.717) is 5.54 Å². The van der Waals surface area contributed by atoms with Gasteiger partial charge in [0.1, 0.15) is 8.96 Å². The Morgan fingerprint density at radius 1 is 1.40 bits per heavy atom. The first-order chi connectivity index (χ1) is 4.45. The summed E-state index contributed by atoms with van der Waals surface area (Å²) in [6.07, 6.45) is 0. The van der Waals surface area contributed by atoms with Crippen LogP contribution in [0.5, 0.6) is 0 Å². The van der Waals surface area contributed by atoms with E-state index in [4.69, 9.17) is 0 Å². The van der Waals surface area contributed by atoms with Crippen molar-refractivity contribution in [3.05, 3.63) is 0 Å². The summed E-state index contributed by atoms with van der Waals surface area (Å²) in [6, 6.07) is 2.94. The number of hydrogen-bond donors (Lipinski definition) is 1. The molecule has 3 heteroatoms. The van der Waals surface area contributed by atoms with E-state index in [0.717, 1.165) is 0 Å². The molecule has 1 atom stereocenters. The summed E-state index contributed by atoms with van der Waals surface area (Å²) in [5.74, 6) is 0. The van der Waals surface area contributed by atoms with Crippen LogP contribution in [0.2, 0.25) is 18.6 Å². The quantitative estimate of drug-likeness (QED) is 0.617. The minimum Gasteiger partial charge on any atom is -0.335 e. The maximum Gasteiger partial charge on any atom is 0.105 e. The number of nitrogens with one attached hydrogen (secondary N) is 1. The molecule has 0 aromatic carbocycles. The zero-order valence-electron chi connectivity index (χ0n) is 7.99. The van der Waals surface area contributed by atoms with E-state index in [9.17, 15) is 0 Å². The fourth-order valence-corrected chi connectivity index (χ4v) is 6.33. The lowest BCUT2D eigenvalue weighted by Crippen LogP contribution is -2.44. The molecule has 0 bridgehead atoms. The third-order valence-electron chi connectivity index (χ3n) is 1.40. The van der Waals surface area contributed by atoms with Gasteiger partial charge in [-0.1, -0.05) is 18.6 Å². The van der Waals surface area contributed by atoms with E-state index in [-0.39, 0.29) is 0 Å². The van der Waals surface area contributed by atoms with Crippen molar-refractivity contribution in [2.75, 3.05) is 0 Å². The second-order valence-corrected chi connectivity index (χ2v) is 7.75. The summed E-state index contributed by atoms with van der Waals surface area (Å²) in [4.78, 5) is 3.68. The van der Waals surface area contributed by atoms with E-state index >= 15 is 0 Å². The third kappa shape index (κ3) is 6.51. The van der Waals surface area contributed by atoms with Gasteiger partial charge < -0.3 is 4.98 Å². The van der Waals surface area contributed by atoms with Crippen molar-refractivity contribution in [3.8, 4) is 0 Å². The second-order valence-electron chi connectivity index (χ2n) is 4.08.